The topological polar surface area (TPSA) is 15.3 Å². The van der Waals surface area contributed by atoms with Gasteiger partial charge in [0.05, 0.1) is 0 Å². The summed E-state index contributed by atoms with van der Waals surface area (Å²) in [7, 11) is 8.83. The van der Waals surface area contributed by atoms with Crippen molar-refractivity contribution in [2.24, 2.45) is 0 Å². The zero-order valence-corrected chi connectivity index (χ0v) is 6.38. The summed E-state index contributed by atoms with van der Waals surface area (Å²) < 4.78 is 0. The second-order valence-corrected chi connectivity index (χ2v) is 2.63. The standard InChI is InChI=1S/C5H11B3N2/c1-5-4-9-2-3-10(5)8-7-6/h5,9H,2-4H2,1H3. The summed E-state index contributed by atoms with van der Waals surface area (Å²) in [4.78, 5) is 2.25. The van der Waals surface area contributed by atoms with Crippen molar-refractivity contribution in [1.82, 2.24) is 10.1 Å². The number of hydrogen-bond acceptors (Lipinski definition) is 2. The normalized spacial score (nSPS) is 27.9. The molecule has 0 aromatic heterocycles. The third kappa shape index (κ3) is 2.06. The highest BCUT2D eigenvalue weighted by Crippen LogP contribution is 1.97. The molecule has 1 fully saturated rings. The maximum atomic E-state index is 5.28. The van der Waals surface area contributed by atoms with E-state index in [0.29, 0.717) is 6.04 Å². The summed E-state index contributed by atoms with van der Waals surface area (Å²) in [6, 6.07) is 0.577. The Hall–Kier alpha value is 0.115. The molecular formula is C5H11B3N2. The number of nitrogens with one attached hydrogen (secondary N) is 1. The van der Waals surface area contributed by atoms with Crippen LogP contribution in [0.1, 0.15) is 6.92 Å². The predicted molar refractivity (Wildman–Crippen MR) is 46.3 cm³/mol. The summed E-state index contributed by atoms with van der Waals surface area (Å²) in [5.74, 6) is 0. The van der Waals surface area contributed by atoms with E-state index in [9.17, 15) is 0 Å². The molecule has 1 aliphatic rings. The quantitative estimate of drug-likeness (QED) is 0.464. The minimum atomic E-state index is 0.577. The molecule has 4 radical (unpaired) electrons. The van der Waals surface area contributed by atoms with Gasteiger partial charge in [-0.1, -0.05) is 0 Å². The first-order chi connectivity index (χ1) is 4.84. The van der Waals surface area contributed by atoms with Crippen LogP contribution in [0.2, 0.25) is 0 Å². The van der Waals surface area contributed by atoms with Gasteiger partial charge in [-0.2, -0.15) is 0 Å². The SMILES string of the molecule is [B][B][B]N1CCNCC1C. The third-order valence-corrected chi connectivity index (χ3v) is 1.83. The monoisotopic (exact) mass is 132 g/mol. The lowest BCUT2D eigenvalue weighted by Crippen LogP contribution is -2.52. The molecule has 0 aliphatic carbocycles. The van der Waals surface area contributed by atoms with Gasteiger partial charge in [0, 0.05) is 33.9 Å². The van der Waals surface area contributed by atoms with Gasteiger partial charge in [0.15, 0.2) is 0 Å². The molecule has 0 bridgehead atoms. The largest absolute Gasteiger partial charge is 0.352 e. The number of nitrogens with zero attached hydrogens (tertiary/aromatic N) is 1. The number of rotatable bonds is 2. The van der Waals surface area contributed by atoms with E-state index in [0.717, 1.165) is 19.6 Å². The lowest BCUT2D eigenvalue weighted by atomic mass is 9.32. The van der Waals surface area contributed by atoms with Crippen molar-refractivity contribution in [1.29, 1.82) is 0 Å². The fourth-order valence-corrected chi connectivity index (χ4v) is 1.19. The van der Waals surface area contributed by atoms with Crippen molar-refractivity contribution in [2.75, 3.05) is 19.6 Å². The first kappa shape index (κ1) is 8.21. The zero-order valence-electron chi connectivity index (χ0n) is 6.38. The van der Waals surface area contributed by atoms with Crippen LogP contribution in [0.15, 0.2) is 0 Å². The second-order valence-electron chi connectivity index (χ2n) is 2.63. The first-order valence-corrected chi connectivity index (χ1v) is 3.69. The Kier molecular flexibility index (Phi) is 3.36. The van der Waals surface area contributed by atoms with Crippen LogP contribution < -0.4 is 5.32 Å². The summed E-state index contributed by atoms with van der Waals surface area (Å²) in [5, 5.41) is 3.31. The van der Waals surface area contributed by atoms with Crippen molar-refractivity contribution in [3.8, 4) is 0 Å². The fraction of sp³-hybridized carbons (Fsp3) is 1.00. The maximum absolute atomic E-state index is 5.28. The fourth-order valence-electron chi connectivity index (χ4n) is 1.19. The van der Waals surface area contributed by atoms with Crippen molar-refractivity contribution in [3.05, 3.63) is 0 Å². The third-order valence-electron chi connectivity index (χ3n) is 1.83. The van der Waals surface area contributed by atoms with Gasteiger partial charge < -0.3 is 10.1 Å². The zero-order chi connectivity index (χ0) is 7.40. The van der Waals surface area contributed by atoms with Gasteiger partial charge in [-0.3, -0.25) is 0 Å². The lowest BCUT2D eigenvalue weighted by Gasteiger charge is -2.33. The molecule has 0 amide bonds. The van der Waals surface area contributed by atoms with Crippen molar-refractivity contribution in [3.63, 3.8) is 0 Å². The molecule has 1 saturated heterocycles. The molecule has 0 saturated carbocycles. The van der Waals surface area contributed by atoms with Crippen LogP contribution in [0.25, 0.3) is 0 Å². The molecule has 10 heavy (non-hydrogen) atoms. The van der Waals surface area contributed by atoms with Gasteiger partial charge in [0.25, 0.3) is 0 Å². The Morgan fingerprint density at radius 2 is 2.50 bits per heavy atom. The van der Waals surface area contributed by atoms with Crippen LogP contribution in [0, 0.1) is 0 Å². The van der Waals surface area contributed by atoms with E-state index in [1.807, 2.05) is 7.31 Å². The lowest BCUT2D eigenvalue weighted by molar-refractivity contribution is 0.294. The van der Waals surface area contributed by atoms with Crippen LogP contribution in [0.4, 0.5) is 0 Å². The van der Waals surface area contributed by atoms with Crippen molar-refractivity contribution in [2.45, 2.75) is 13.0 Å². The number of hydrogen-bond donors (Lipinski definition) is 1. The minimum absolute atomic E-state index is 0.577. The smallest absolute Gasteiger partial charge is 0.149 e. The van der Waals surface area contributed by atoms with Crippen LogP contribution in [-0.4, -0.2) is 52.6 Å². The van der Waals surface area contributed by atoms with E-state index in [1.165, 1.54) is 0 Å². The summed E-state index contributed by atoms with van der Waals surface area (Å²) in [6.07, 6.45) is 0. The van der Waals surface area contributed by atoms with E-state index in [-0.39, 0.29) is 0 Å². The molecule has 1 rings (SSSR count). The van der Waals surface area contributed by atoms with Gasteiger partial charge in [-0.05, 0) is 13.5 Å². The van der Waals surface area contributed by atoms with E-state index in [4.69, 9.17) is 7.74 Å². The predicted octanol–water partition coefficient (Wildman–Crippen LogP) is -1.40. The molecule has 2 nitrogen and oxygen atoms in total. The molecule has 5 heteroatoms. The average molecular weight is 132 g/mol. The van der Waals surface area contributed by atoms with E-state index in [2.05, 4.69) is 17.1 Å². The van der Waals surface area contributed by atoms with Crippen LogP contribution in [0.5, 0.6) is 0 Å². The molecule has 1 atom stereocenters. The van der Waals surface area contributed by atoms with E-state index in [1.54, 1.807) is 7.06 Å². The molecule has 1 N–H and O–H groups in total. The summed E-state index contributed by atoms with van der Waals surface area (Å²) in [6.45, 7) is 5.38. The molecule has 0 aromatic rings. The summed E-state index contributed by atoms with van der Waals surface area (Å²) >= 11 is 0. The van der Waals surface area contributed by atoms with Crippen molar-refractivity contribution < 1.29 is 0 Å². The molecular weight excluding hydrogens is 121 g/mol. The molecule has 1 aliphatic heterocycles. The van der Waals surface area contributed by atoms with Crippen LogP contribution in [0.3, 0.4) is 0 Å². The van der Waals surface area contributed by atoms with Crippen LogP contribution >= 0.6 is 0 Å². The second kappa shape index (κ2) is 4.09. The Labute approximate surface area is 65.6 Å². The van der Waals surface area contributed by atoms with Crippen molar-refractivity contribution >= 4 is 22.1 Å². The number of piperazine rings is 1. The summed E-state index contributed by atoms with van der Waals surface area (Å²) in [5.41, 5.74) is 0. The van der Waals surface area contributed by atoms with Gasteiger partial charge >= 0.3 is 0 Å². The Morgan fingerprint density at radius 1 is 1.70 bits per heavy atom. The first-order valence-electron chi connectivity index (χ1n) is 3.69. The molecule has 0 aromatic carbocycles. The minimum Gasteiger partial charge on any atom is -0.352 e. The molecule has 1 unspecified atom stereocenters. The highest BCUT2D eigenvalue weighted by atomic mass is 15.1. The Morgan fingerprint density at radius 3 is 3.10 bits per heavy atom. The van der Waals surface area contributed by atoms with Gasteiger partial charge in [-0.25, -0.2) is 0 Å². The Bertz CT molecular complexity index is 98.9. The molecule has 50 valence electrons. The molecule has 0 spiro atoms. The maximum Gasteiger partial charge on any atom is 0.149 e. The van der Waals surface area contributed by atoms with Gasteiger partial charge in [-0.15, -0.1) is 0 Å². The highest BCUT2D eigenvalue weighted by molar-refractivity contribution is 7.23. The average Bonchev–Trinajstić information content (AvgIpc) is 1.94. The van der Waals surface area contributed by atoms with Gasteiger partial charge in [0.2, 0.25) is 0 Å². The Balaban J connectivity index is 2.25. The van der Waals surface area contributed by atoms with E-state index >= 15 is 0 Å². The van der Waals surface area contributed by atoms with E-state index < -0.39 is 0 Å². The highest BCUT2D eigenvalue weighted by Gasteiger charge is 2.15. The van der Waals surface area contributed by atoms with Crippen LogP contribution in [-0.2, 0) is 0 Å². The van der Waals surface area contributed by atoms with Gasteiger partial charge in [0.1, 0.15) is 7.31 Å². The molecule has 1 heterocycles.